The molecule has 11 heteroatoms. The number of nitriles is 1. The van der Waals surface area contributed by atoms with Gasteiger partial charge in [0, 0.05) is 42.6 Å². The van der Waals surface area contributed by atoms with Crippen LogP contribution in [0.3, 0.4) is 0 Å². The van der Waals surface area contributed by atoms with E-state index in [1.807, 2.05) is 6.07 Å². The van der Waals surface area contributed by atoms with Gasteiger partial charge in [0.25, 0.3) is 0 Å². The molecule has 1 aliphatic heterocycles. The second kappa shape index (κ2) is 9.40. The Bertz CT molecular complexity index is 1600. The Morgan fingerprint density at radius 3 is 2.64 bits per heavy atom. The van der Waals surface area contributed by atoms with Crippen LogP contribution in [0.2, 0.25) is 0 Å². The summed E-state index contributed by atoms with van der Waals surface area (Å²) >= 11 is 0. The van der Waals surface area contributed by atoms with Gasteiger partial charge in [0.15, 0.2) is 0 Å². The number of sulfonamides is 1. The largest absolute Gasteiger partial charge is 0.390 e. The van der Waals surface area contributed by atoms with Crippen LogP contribution < -0.4 is 5.32 Å². The molecule has 0 saturated carbocycles. The number of aliphatic hydroxyl groups excluding tert-OH is 1. The highest BCUT2D eigenvalue weighted by Crippen LogP contribution is 2.28. The van der Waals surface area contributed by atoms with E-state index >= 15 is 0 Å². The summed E-state index contributed by atoms with van der Waals surface area (Å²) in [7, 11) is -3.80. The normalized spacial score (nSPS) is 18.4. The highest BCUT2D eigenvalue weighted by atomic mass is 32.2. The van der Waals surface area contributed by atoms with Crippen molar-refractivity contribution in [3.63, 3.8) is 0 Å². The third-order valence-corrected chi connectivity index (χ3v) is 8.11. The van der Waals surface area contributed by atoms with E-state index in [9.17, 15) is 18.8 Å². The number of hydrogen-bond donors (Lipinski definition) is 3. The van der Waals surface area contributed by atoms with Gasteiger partial charge in [-0.25, -0.2) is 18.2 Å². The Labute approximate surface area is 207 Å². The molecule has 4 aromatic rings. The standard InChI is InChI=1S/C25H21N7O3S/c1-27-19-4-7-24(28-14-19)31-22-8-9-32(15-23(22)33)36(34,35)20-5-2-16(3-6-20)17-10-21-18(11-26)13-30-25(21)29-12-17/h2-7,10,12-14,22-23,33H,8-9,15H2,(H,28,31)(H,29,30)/t22-,23+/m1/s1. The number of H-pyrrole nitrogens is 1. The highest BCUT2D eigenvalue weighted by Gasteiger charge is 2.34. The first kappa shape index (κ1) is 23.5. The van der Waals surface area contributed by atoms with Crippen LogP contribution >= 0.6 is 0 Å². The predicted octanol–water partition coefficient (Wildman–Crippen LogP) is 3.28. The monoisotopic (exact) mass is 499 g/mol. The summed E-state index contributed by atoms with van der Waals surface area (Å²) in [5.41, 5.74) is 3.06. The van der Waals surface area contributed by atoms with Crippen molar-refractivity contribution in [1.82, 2.24) is 19.3 Å². The number of nitrogens with zero attached hydrogens (tertiary/aromatic N) is 5. The fraction of sp³-hybridized carbons (Fsp3) is 0.200. The molecule has 4 heterocycles. The number of aromatic nitrogens is 3. The van der Waals surface area contributed by atoms with Gasteiger partial charge in [0.05, 0.1) is 29.2 Å². The lowest BCUT2D eigenvalue weighted by Gasteiger charge is -2.35. The molecule has 1 saturated heterocycles. The van der Waals surface area contributed by atoms with Gasteiger partial charge in [-0.15, -0.1) is 0 Å². The Hall–Kier alpha value is -4.29. The summed E-state index contributed by atoms with van der Waals surface area (Å²) in [5, 5.41) is 23.7. The fourth-order valence-corrected chi connectivity index (χ4v) is 5.71. The van der Waals surface area contributed by atoms with Gasteiger partial charge in [-0.05, 0) is 36.2 Å². The number of β-amino-alcohol motifs (C(OH)–C–C–N with tert-alkyl or cyclic N) is 1. The molecule has 180 valence electrons. The van der Waals surface area contributed by atoms with Gasteiger partial charge in [-0.3, -0.25) is 4.98 Å². The van der Waals surface area contributed by atoms with Crippen molar-refractivity contribution in [2.45, 2.75) is 23.5 Å². The number of aromatic amines is 1. The van der Waals surface area contributed by atoms with Gasteiger partial charge in [-0.1, -0.05) is 18.2 Å². The van der Waals surface area contributed by atoms with E-state index in [4.69, 9.17) is 6.57 Å². The van der Waals surface area contributed by atoms with E-state index in [1.165, 1.54) is 22.6 Å². The van der Waals surface area contributed by atoms with Crippen LogP contribution in [0.4, 0.5) is 11.5 Å². The summed E-state index contributed by atoms with van der Waals surface area (Å²) < 4.78 is 27.8. The zero-order valence-electron chi connectivity index (χ0n) is 19.0. The number of fused-ring (bicyclic) bond motifs is 1. The number of nitrogens with one attached hydrogen (secondary N) is 2. The zero-order chi connectivity index (χ0) is 25.3. The number of rotatable bonds is 5. The first-order valence-corrected chi connectivity index (χ1v) is 12.6. The topological polar surface area (TPSA) is 139 Å². The molecule has 0 amide bonds. The lowest BCUT2D eigenvalue weighted by atomic mass is 10.0. The van der Waals surface area contributed by atoms with Gasteiger partial charge in [0.2, 0.25) is 15.7 Å². The van der Waals surface area contributed by atoms with Crippen LogP contribution in [-0.2, 0) is 10.0 Å². The molecule has 3 aromatic heterocycles. The number of aliphatic hydroxyl groups is 1. The van der Waals surface area contributed by atoms with E-state index in [1.54, 1.807) is 36.7 Å². The van der Waals surface area contributed by atoms with E-state index in [0.717, 1.165) is 11.1 Å². The first-order valence-electron chi connectivity index (χ1n) is 11.1. The molecule has 10 nitrogen and oxygen atoms in total. The maximum atomic E-state index is 13.2. The number of anilines is 1. The molecule has 1 aliphatic rings. The molecule has 0 radical (unpaired) electrons. The Balaban J connectivity index is 1.29. The van der Waals surface area contributed by atoms with Crippen molar-refractivity contribution in [1.29, 1.82) is 5.26 Å². The highest BCUT2D eigenvalue weighted by molar-refractivity contribution is 7.89. The number of pyridine rings is 2. The molecule has 0 aliphatic carbocycles. The molecule has 0 bridgehead atoms. The van der Waals surface area contributed by atoms with Crippen molar-refractivity contribution in [3.05, 3.63) is 78.0 Å². The molecule has 1 fully saturated rings. The lowest BCUT2D eigenvalue weighted by Crippen LogP contribution is -2.51. The zero-order valence-corrected chi connectivity index (χ0v) is 19.8. The summed E-state index contributed by atoms with van der Waals surface area (Å²) in [5.74, 6) is 0.521. The fourth-order valence-electron chi connectivity index (χ4n) is 4.24. The quantitative estimate of drug-likeness (QED) is 0.358. The average molecular weight is 500 g/mol. The predicted molar refractivity (Wildman–Crippen MR) is 134 cm³/mol. The minimum Gasteiger partial charge on any atom is -0.390 e. The van der Waals surface area contributed by atoms with Crippen LogP contribution in [-0.4, -0.2) is 58.0 Å². The molecule has 0 unspecified atom stereocenters. The first-order chi connectivity index (χ1) is 17.4. The summed E-state index contributed by atoms with van der Waals surface area (Å²) in [6.07, 6.45) is 4.19. The van der Waals surface area contributed by atoms with Crippen molar-refractivity contribution >= 4 is 32.6 Å². The summed E-state index contributed by atoms with van der Waals surface area (Å²) in [4.78, 5) is 14.9. The Morgan fingerprint density at radius 1 is 1.17 bits per heavy atom. The average Bonchev–Trinajstić information content (AvgIpc) is 3.32. The van der Waals surface area contributed by atoms with Gasteiger partial charge >= 0.3 is 0 Å². The van der Waals surface area contributed by atoms with Gasteiger partial charge in [-0.2, -0.15) is 9.57 Å². The molecular weight excluding hydrogens is 478 g/mol. The van der Waals surface area contributed by atoms with Crippen LogP contribution in [0.5, 0.6) is 0 Å². The SMILES string of the molecule is [C-]#[N+]c1ccc(N[C@@H]2CCN(S(=O)(=O)c3ccc(-c4cnc5[nH]cc(C#N)c5c4)cc3)C[C@@H]2O)nc1. The Morgan fingerprint density at radius 2 is 1.97 bits per heavy atom. The second-order valence-electron chi connectivity index (χ2n) is 8.44. The van der Waals surface area contributed by atoms with Crippen molar-refractivity contribution in [2.24, 2.45) is 0 Å². The molecule has 0 spiro atoms. The maximum absolute atomic E-state index is 13.2. The third kappa shape index (κ3) is 4.39. The van der Waals surface area contributed by atoms with Crippen LogP contribution in [0.15, 0.2) is 66.0 Å². The second-order valence-corrected chi connectivity index (χ2v) is 10.4. The summed E-state index contributed by atoms with van der Waals surface area (Å²) in [6.45, 7) is 7.18. The molecule has 5 rings (SSSR count). The number of hydrogen-bond acceptors (Lipinski definition) is 7. The van der Waals surface area contributed by atoms with Crippen molar-refractivity contribution in [2.75, 3.05) is 18.4 Å². The molecule has 36 heavy (non-hydrogen) atoms. The van der Waals surface area contributed by atoms with Gasteiger partial charge in [0.1, 0.15) is 17.5 Å². The van der Waals surface area contributed by atoms with E-state index < -0.39 is 16.1 Å². The Kier molecular flexibility index (Phi) is 6.12. The lowest BCUT2D eigenvalue weighted by molar-refractivity contribution is 0.0949. The van der Waals surface area contributed by atoms with Crippen LogP contribution in [0.25, 0.3) is 27.0 Å². The van der Waals surface area contributed by atoms with Crippen LogP contribution in [0.1, 0.15) is 12.0 Å². The van der Waals surface area contributed by atoms with E-state index in [2.05, 4.69) is 31.2 Å². The number of piperidine rings is 1. The molecular formula is C25H21N7O3S. The minimum atomic E-state index is -3.80. The summed E-state index contributed by atoms with van der Waals surface area (Å²) in [6, 6.07) is 13.4. The minimum absolute atomic E-state index is 0.0487. The van der Waals surface area contributed by atoms with Crippen LogP contribution in [0, 0.1) is 17.9 Å². The molecule has 2 atom stereocenters. The van der Waals surface area contributed by atoms with E-state index in [0.29, 0.717) is 34.5 Å². The van der Waals surface area contributed by atoms with Gasteiger partial charge < -0.3 is 15.4 Å². The third-order valence-electron chi connectivity index (χ3n) is 6.23. The van der Waals surface area contributed by atoms with E-state index in [-0.39, 0.29) is 24.0 Å². The number of benzene rings is 1. The molecule has 3 N–H and O–H groups in total. The smallest absolute Gasteiger partial charge is 0.243 e. The molecule has 1 aromatic carbocycles. The van der Waals surface area contributed by atoms with Crippen molar-refractivity contribution < 1.29 is 13.5 Å². The maximum Gasteiger partial charge on any atom is 0.243 e. The van der Waals surface area contributed by atoms with Crippen molar-refractivity contribution in [3.8, 4) is 17.2 Å².